The summed E-state index contributed by atoms with van der Waals surface area (Å²) in [4.78, 5) is 13.5. The van der Waals surface area contributed by atoms with Gasteiger partial charge < -0.3 is 9.47 Å². The molecule has 4 heteroatoms. The Bertz CT molecular complexity index is 363. The number of rotatable bonds is 4. The van der Waals surface area contributed by atoms with Crippen molar-refractivity contribution in [2.24, 2.45) is 0 Å². The predicted molar refractivity (Wildman–Crippen MR) is 61.4 cm³/mol. The first kappa shape index (κ1) is 12.5. The van der Waals surface area contributed by atoms with Gasteiger partial charge in [-0.2, -0.15) is 0 Å². The molecule has 0 heterocycles. The maximum atomic E-state index is 11.7. The van der Waals surface area contributed by atoms with E-state index >= 15 is 0 Å². The number of carbonyl (C=O) groups excluding carboxylic acids is 1. The van der Waals surface area contributed by atoms with Gasteiger partial charge in [-0.05, 0) is 20.2 Å². The molecule has 1 aromatic rings. The molecule has 0 aliphatic heterocycles. The zero-order chi connectivity index (χ0) is 12.1. The van der Waals surface area contributed by atoms with Crippen molar-refractivity contribution < 1.29 is 14.3 Å². The SMILES string of the molecule is COC(=O)C(c1ccccc1OC)N(C)C. The summed E-state index contributed by atoms with van der Waals surface area (Å²) in [5.74, 6) is 0.390. The van der Waals surface area contributed by atoms with Crippen LogP contribution >= 0.6 is 0 Å². The third-order valence-electron chi connectivity index (χ3n) is 2.37. The summed E-state index contributed by atoms with van der Waals surface area (Å²) in [5.41, 5.74) is 0.807. The van der Waals surface area contributed by atoms with Crippen LogP contribution in [0.15, 0.2) is 24.3 Å². The normalized spacial score (nSPS) is 12.3. The fourth-order valence-electron chi connectivity index (χ4n) is 1.62. The number of nitrogens with zero attached hydrogens (tertiary/aromatic N) is 1. The summed E-state index contributed by atoms with van der Waals surface area (Å²) in [6.45, 7) is 0. The van der Waals surface area contributed by atoms with Crippen LogP contribution in [0.25, 0.3) is 0 Å². The standard InChI is InChI=1S/C12H17NO3/c1-13(2)11(12(14)16-4)9-7-5-6-8-10(9)15-3/h5-8,11H,1-4H3. The van der Waals surface area contributed by atoms with Gasteiger partial charge in [-0.15, -0.1) is 0 Å². The number of carbonyl (C=O) groups is 1. The van der Waals surface area contributed by atoms with Gasteiger partial charge in [-0.3, -0.25) is 4.90 Å². The Morgan fingerprint density at radius 2 is 1.88 bits per heavy atom. The van der Waals surface area contributed by atoms with Crippen molar-refractivity contribution >= 4 is 5.97 Å². The highest BCUT2D eigenvalue weighted by atomic mass is 16.5. The lowest BCUT2D eigenvalue weighted by Gasteiger charge is -2.23. The maximum Gasteiger partial charge on any atom is 0.327 e. The minimum Gasteiger partial charge on any atom is -0.496 e. The number of para-hydroxylation sites is 1. The number of hydrogen-bond donors (Lipinski definition) is 0. The Kier molecular flexibility index (Phi) is 4.31. The van der Waals surface area contributed by atoms with Crippen molar-refractivity contribution in [2.45, 2.75) is 6.04 Å². The predicted octanol–water partition coefficient (Wildman–Crippen LogP) is 1.47. The number of methoxy groups -OCH3 is 2. The lowest BCUT2D eigenvalue weighted by atomic mass is 10.1. The lowest BCUT2D eigenvalue weighted by Crippen LogP contribution is -2.29. The van der Waals surface area contributed by atoms with E-state index in [9.17, 15) is 4.79 Å². The van der Waals surface area contributed by atoms with Crippen molar-refractivity contribution in [3.8, 4) is 5.75 Å². The Morgan fingerprint density at radius 1 is 1.25 bits per heavy atom. The quantitative estimate of drug-likeness (QED) is 0.725. The molecule has 0 saturated carbocycles. The van der Waals surface area contributed by atoms with E-state index in [0.717, 1.165) is 5.56 Å². The molecule has 88 valence electrons. The van der Waals surface area contributed by atoms with E-state index in [4.69, 9.17) is 9.47 Å². The number of esters is 1. The summed E-state index contributed by atoms with van der Waals surface area (Å²) < 4.78 is 10.0. The maximum absolute atomic E-state index is 11.7. The molecule has 1 rings (SSSR count). The van der Waals surface area contributed by atoms with E-state index in [1.54, 1.807) is 12.0 Å². The number of benzene rings is 1. The van der Waals surface area contributed by atoms with Crippen molar-refractivity contribution in [3.63, 3.8) is 0 Å². The van der Waals surface area contributed by atoms with Crippen LogP contribution in [-0.2, 0) is 9.53 Å². The van der Waals surface area contributed by atoms with Crippen LogP contribution in [0.4, 0.5) is 0 Å². The first-order chi connectivity index (χ1) is 7.61. The Morgan fingerprint density at radius 3 is 2.38 bits per heavy atom. The molecule has 16 heavy (non-hydrogen) atoms. The van der Waals surface area contributed by atoms with E-state index in [1.165, 1.54) is 7.11 Å². The number of likely N-dealkylation sites (N-methyl/N-ethyl adjacent to an activating group) is 1. The van der Waals surface area contributed by atoms with Gasteiger partial charge in [0.15, 0.2) is 0 Å². The Labute approximate surface area is 95.8 Å². The van der Waals surface area contributed by atoms with E-state index in [-0.39, 0.29) is 5.97 Å². The molecular formula is C12H17NO3. The minimum absolute atomic E-state index is 0.297. The third kappa shape index (κ3) is 2.52. The fraction of sp³-hybridized carbons (Fsp3) is 0.417. The summed E-state index contributed by atoms with van der Waals surface area (Å²) in [7, 11) is 6.62. The van der Waals surface area contributed by atoms with Gasteiger partial charge in [0.2, 0.25) is 0 Å². The smallest absolute Gasteiger partial charge is 0.327 e. The molecule has 0 aromatic heterocycles. The Balaban J connectivity index is 3.15. The topological polar surface area (TPSA) is 38.8 Å². The van der Waals surface area contributed by atoms with E-state index in [0.29, 0.717) is 5.75 Å². The van der Waals surface area contributed by atoms with E-state index in [2.05, 4.69) is 0 Å². The zero-order valence-electron chi connectivity index (χ0n) is 10.1. The monoisotopic (exact) mass is 223 g/mol. The van der Waals surface area contributed by atoms with E-state index < -0.39 is 6.04 Å². The molecule has 1 unspecified atom stereocenters. The molecule has 0 aliphatic rings. The van der Waals surface area contributed by atoms with Crippen molar-refractivity contribution in [3.05, 3.63) is 29.8 Å². The second kappa shape index (κ2) is 5.51. The zero-order valence-corrected chi connectivity index (χ0v) is 10.1. The Hall–Kier alpha value is -1.55. The lowest BCUT2D eigenvalue weighted by molar-refractivity contribution is -0.146. The van der Waals surface area contributed by atoms with Gasteiger partial charge in [0.1, 0.15) is 11.8 Å². The highest BCUT2D eigenvalue weighted by Gasteiger charge is 2.26. The molecule has 0 aliphatic carbocycles. The molecule has 0 saturated heterocycles. The highest BCUT2D eigenvalue weighted by Crippen LogP contribution is 2.28. The van der Waals surface area contributed by atoms with Gasteiger partial charge in [0, 0.05) is 5.56 Å². The molecular weight excluding hydrogens is 206 g/mol. The van der Waals surface area contributed by atoms with Crippen LogP contribution in [0.2, 0.25) is 0 Å². The molecule has 0 bridgehead atoms. The molecule has 0 fully saturated rings. The molecule has 4 nitrogen and oxygen atoms in total. The van der Waals surface area contributed by atoms with Gasteiger partial charge in [0.05, 0.1) is 14.2 Å². The van der Waals surface area contributed by atoms with Crippen LogP contribution < -0.4 is 4.74 Å². The first-order valence-corrected chi connectivity index (χ1v) is 4.99. The summed E-state index contributed by atoms with van der Waals surface area (Å²) >= 11 is 0. The molecule has 0 radical (unpaired) electrons. The first-order valence-electron chi connectivity index (χ1n) is 4.99. The molecule has 0 amide bonds. The van der Waals surface area contributed by atoms with Crippen LogP contribution in [-0.4, -0.2) is 39.2 Å². The largest absolute Gasteiger partial charge is 0.496 e. The van der Waals surface area contributed by atoms with Gasteiger partial charge in [0.25, 0.3) is 0 Å². The molecule has 0 N–H and O–H groups in total. The van der Waals surface area contributed by atoms with Crippen LogP contribution in [0.1, 0.15) is 11.6 Å². The van der Waals surface area contributed by atoms with Crippen LogP contribution in [0.3, 0.4) is 0 Å². The second-order valence-corrected chi connectivity index (χ2v) is 3.63. The van der Waals surface area contributed by atoms with Gasteiger partial charge >= 0.3 is 5.97 Å². The summed E-state index contributed by atoms with van der Waals surface area (Å²) in [6.07, 6.45) is 0. The van der Waals surface area contributed by atoms with E-state index in [1.807, 2.05) is 38.4 Å². The van der Waals surface area contributed by atoms with Crippen molar-refractivity contribution in [1.82, 2.24) is 4.90 Å². The molecule has 0 spiro atoms. The number of ether oxygens (including phenoxy) is 2. The van der Waals surface area contributed by atoms with Gasteiger partial charge in [-0.25, -0.2) is 4.79 Å². The molecule has 1 aromatic carbocycles. The second-order valence-electron chi connectivity index (χ2n) is 3.63. The average molecular weight is 223 g/mol. The van der Waals surface area contributed by atoms with Crippen LogP contribution in [0, 0.1) is 0 Å². The fourth-order valence-corrected chi connectivity index (χ4v) is 1.62. The van der Waals surface area contributed by atoms with Crippen LogP contribution in [0.5, 0.6) is 5.75 Å². The summed E-state index contributed by atoms with van der Waals surface area (Å²) in [5, 5.41) is 0. The summed E-state index contributed by atoms with van der Waals surface area (Å²) in [6, 6.07) is 6.99. The van der Waals surface area contributed by atoms with Crippen molar-refractivity contribution in [2.75, 3.05) is 28.3 Å². The average Bonchev–Trinajstić information content (AvgIpc) is 2.29. The highest BCUT2D eigenvalue weighted by molar-refractivity contribution is 5.78. The van der Waals surface area contributed by atoms with Gasteiger partial charge in [-0.1, -0.05) is 18.2 Å². The number of hydrogen-bond acceptors (Lipinski definition) is 4. The third-order valence-corrected chi connectivity index (χ3v) is 2.37. The van der Waals surface area contributed by atoms with Crippen molar-refractivity contribution in [1.29, 1.82) is 0 Å². The molecule has 1 atom stereocenters. The minimum atomic E-state index is -0.443.